The van der Waals surface area contributed by atoms with Gasteiger partial charge in [0.25, 0.3) is 5.91 Å². The van der Waals surface area contributed by atoms with Gasteiger partial charge in [-0.2, -0.15) is 0 Å². The molecule has 0 spiro atoms. The minimum atomic E-state index is -0.106. The van der Waals surface area contributed by atoms with Crippen LogP contribution in [0.2, 0.25) is 0 Å². The van der Waals surface area contributed by atoms with Crippen LogP contribution in [0.1, 0.15) is 10.4 Å². The van der Waals surface area contributed by atoms with Crippen LogP contribution in [0.4, 0.5) is 17.3 Å². The van der Waals surface area contributed by atoms with E-state index >= 15 is 0 Å². The number of aromatic nitrogens is 3. The molecule has 0 atom stereocenters. The number of anilines is 3. The Morgan fingerprint density at radius 3 is 2.44 bits per heavy atom. The molecule has 0 saturated carbocycles. The standard InChI is InChI=1S/C24H24N6O2/c1-25-23(31)18-4-2-17(3-5-18)22-11-10-21-16-26-24(28-30(21)22)27-19-6-8-20(9-7-19)29-12-14-32-15-13-29/h2-11,16H,12-15H2,1H3,(H,25,31)(H,27,28). The van der Waals surface area contributed by atoms with Crippen molar-refractivity contribution in [1.82, 2.24) is 19.9 Å². The van der Waals surface area contributed by atoms with Gasteiger partial charge in [0.2, 0.25) is 5.95 Å². The molecule has 162 valence electrons. The van der Waals surface area contributed by atoms with E-state index in [9.17, 15) is 4.79 Å². The first-order chi connectivity index (χ1) is 15.7. The highest BCUT2D eigenvalue weighted by Crippen LogP contribution is 2.24. The maximum absolute atomic E-state index is 11.8. The van der Waals surface area contributed by atoms with Gasteiger partial charge in [0.1, 0.15) is 0 Å². The Hall–Kier alpha value is -3.91. The molecular weight excluding hydrogens is 404 g/mol. The number of nitrogens with zero attached hydrogens (tertiary/aromatic N) is 4. The second kappa shape index (κ2) is 8.68. The van der Waals surface area contributed by atoms with E-state index in [1.165, 1.54) is 5.69 Å². The molecule has 8 nitrogen and oxygen atoms in total. The van der Waals surface area contributed by atoms with Gasteiger partial charge in [-0.25, -0.2) is 9.50 Å². The first kappa shape index (κ1) is 20.0. The molecule has 2 N–H and O–H groups in total. The van der Waals surface area contributed by atoms with E-state index in [0.717, 1.165) is 48.8 Å². The van der Waals surface area contributed by atoms with E-state index in [1.54, 1.807) is 13.2 Å². The third-order valence-corrected chi connectivity index (χ3v) is 5.57. The Morgan fingerprint density at radius 2 is 1.72 bits per heavy atom. The number of hydrogen-bond acceptors (Lipinski definition) is 6. The third-order valence-electron chi connectivity index (χ3n) is 5.57. The van der Waals surface area contributed by atoms with Crippen molar-refractivity contribution < 1.29 is 9.53 Å². The van der Waals surface area contributed by atoms with Gasteiger partial charge >= 0.3 is 0 Å². The zero-order chi connectivity index (χ0) is 21.9. The maximum atomic E-state index is 11.8. The average molecular weight is 428 g/mol. The monoisotopic (exact) mass is 428 g/mol. The number of amides is 1. The smallest absolute Gasteiger partial charge is 0.251 e. The van der Waals surface area contributed by atoms with Crippen molar-refractivity contribution in [3.05, 3.63) is 72.4 Å². The third kappa shape index (κ3) is 4.00. The van der Waals surface area contributed by atoms with Gasteiger partial charge in [-0.15, -0.1) is 5.10 Å². The van der Waals surface area contributed by atoms with E-state index in [1.807, 2.05) is 53.0 Å². The Labute approximate surface area is 185 Å². The summed E-state index contributed by atoms with van der Waals surface area (Å²) < 4.78 is 7.28. The minimum Gasteiger partial charge on any atom is -0.378 e. The van der Waals surface area contributed by atoms with Gasteiger partial charge in [0.15, 0.2) is 0 Å². The minimum absolute atomic E-state index is 0.106. The van der Waals surface area contributed by atoms with Crippen LogP contribution in [-0.2, 0) is 4.74 Å². The lowest BCUT2D eigenvalue weighted by molar-refractivity contribution is 0.0963. The van der Waals surface area contributed by atoms with Crippen molar-refractivity contribution in [3.8, 4) is 11.3 Å². The number of benzene rings is 2. The zero-order valence-electron chi connectivity index (χ0n) is 17.8. The molecular formula is C24H24N6O2. The van der Waals surface area contributed by atoms with E-state index in [2.05, 4.69) is 37.7 Å². The number of ether oxygens (including phenoxy) is 1. The lowest BCUT2D eigenvalue weighted by Gasteiger charge is -2.28. The van der Waals surface area contributed by atoms with Crippen LogP contribution in [0.25, 0.3) is 16.8 Å². The number of hydrogen-bond donors (Lipinski definition) is 2. The van der Waals surface area contributed by atoms with Crippen LogP contribution < -0.4 is 15.5 Å². The summed E-state index contributed by atoms with van der Waals surface area (Å²) >= 11 is 0. The zero-order valence-corrected chi connectivity index (χ0v) is 17.8. The molecule has 0 aliphatic carbocycles. The van der Waals surface area contributed by atoms with Gasteiger partial charge in [-0.05, 0) is 48.5 Å². The number of morpholine rings is 1. The molecule has 8 heteroatoms. The number of rotatable bonds is 5. The van der Waals surface area contributed by atoms with E-state index in [0.29, 0.717) is 11.5 Å². The van der Waals surface area contributed by atoms with Gasteiger partial charge in [0.05, 0.1) is 30.6 Å². The Kier molecular flexibility index (Phi) is 5.43. The van der Waals surface area contributed by atoms with Crippen molar-refractivity contribution >= 4 is 28.7 Å². The summed E-state index contributed by atoms with van der Waals surface area (Å²) in [5, 5.41) is 10.6. The predicted molar refractivity (Wildman–Crippen MR) is 125 cm³/mol. The molecule has 2 aromatic heterocycles. The maximum Gasteiger partial charge on any atom is 0.251 e. The topological polar surface area (TPSA) is 83.8 Å². The van der Waals surface area contributed by atoms with E-state index in [4.69, 9.17) is 4.74 Å². The van der Waals surface area contributed by atoms with Crippen molar-refractivity contribution in [2.75, 3.05) is 43.6 Å². The quantitative estimate of drug-likeness (QED) is 0.507. The Balaban J connectivity index is 1.37. The van der Waals surface area contributed by atoms with Crippen LogP contribution >= 0.6 is 0 Å². The van der Waals surface area contributed by atoms with Gasteiger partial charge in [-0.3, -0.25) is 4.79 Å². The molecule has 32 heavy (non-hydrogen) atoms. The second-order valence-corrected chi connectivity index (χ2v) is 7.56. The van der Waals surface area contributed by atoms with Crippen LogP contribution in [-0.4, -0.2) is 53.9 Å². The highest BCUT2D eigenvalue weighted by molar-refractivity contribution is 5.94. The highest BCUT2D eigenvalue weighted by Gasteiger charge is 2.12. The molecule has 1 amide bonds. The molecule has 1 aliphatic heterocycles. The summed E-state index contributed by atoms with van der Waals surface area (Å²) in [5.41, 5.74) is 5.51. The van der Waals surface area contributed by atoms with Crippen LogP contribution in [0.15, 0.2) is 66.9 Å². The number of carbonyl (C=O) groups excluding carboxylic acids is 1. The molecule has 1 aliphatic rings. The first-order valence-corrected chi connectivity index (χ1v) is 10.6. The molecule has 1 fully saturated rings. The Bertz CT molecular complexity index is 1230. The Morgan fingerprint density at radius 1 is 0.969 bits per heavy atom. The van der Waals surface area contributed by atoms with Crippen molar-refractivity contribution in [1.29, 1.82) is 0 Å². The molecule has 4 aromatic rings. The average Bonchev–Trinajstić information content (AvgIpc) is 3.28. The molecule has 0 bridgehead atoms. The number of nitrogens with one attached hydrogen (secondary N) is 2. The highest BCUT2D eigenvalue weighted by atomic mass is 16.5. The lowest BCUT2D eigenvalue weighted by atomic mass is 10.1. The predicted octanol–water partition coefficient (Wildman–Crippen LogP) is 3.34. The molecule has 1 saturated heterocycles. The second-order valence-electron chi connectivity index (χ2n) is 7.56. The molecule has 0 radical (unpaired) electrons. The van der Waals surface area contributed by atoms with Crippen LogP contribution in [0.5, 0.6) is 0 Å². The normalized spacial score (nSPS) is 13.8. The van der Waals surface area contributed by atoms with Crippen LogP contribution in [0, 0.1) is 0 Å². The van der Waals surface area contributed by atoms with Gasteiger partial charge < -0.3 is 20.3 Å². The lowest BCUT2D eigenvalue weighted by Crippen LogP contribution is -2.36. The summed E-state index contributed by atoms with van der Waals surface area (Å²) in [6, 6.07) is 19.7. The number of fused-ring (bicyclic) bond motifs is 1. The summed E-state index contributed by atoms with van der Waals surface area (Å²) in [6.07, 6.45) is 1.79. The SMILES string of the molecule is CNC(=O)c1ccc(-c2ccc3cnc(Nc4ccc(N5CCOCC5)cc4)nn23)cc1. The summed E-state index contributed by atoms with van der Waals surface area (Å²) in [7, 11) is 1.62. The molecule has 5 rings (SSSR count). The molecule has 0 unspecified atom stereocenters. The summed E-state index contributed by atoms with van der Waals surface area (Å²) in [4.78, 5) is 18.6. The first-order valence-electron chi connectivity index (χ1n) is 10.6. The van der Waals surface area contributed by atoms with Gasteiger partial charge in [-0.1, -0.05) is 12.1 Å². The number of carbonyl (C=O) groups is 1. The van der Waals surface area contributed by atoms with Crippen LogP contribution in [0.3, 0.4) is 0 Å². The summed E-state index contributed by atoms with van der Waals surface area (Å²) in [6.45, 7) is 3.35. The fraction of sp³-hybridized carbons (Fsp3) is 0.208. The van der Waals surface area contributed by atoms with Crippen molar-refractivity contribution in [3.63, 3.8) is 0 Å². The van der Waals surface area contributed by atoms with Crippen molar-refractivity contribution in [2.24, 2.45) is 0 Å². The van der Waals surface area contributed by atoms with E-state index < -0.39 is 0 Å². The fourth-order valence-corrected chi connectivity index (χ4v) is 3.82. The largest absolute Gasteiger partial charge is 0.378 e. The van der Waals surface area contributed by atoms with E-state index in [-0.39, 0.29) is 5.91 Å². The fourth-order valence-electron chi connectivity index (χ4n) is 3.82. The summed E-state index contributed by atoms with van der Waals surface area (Å²) in [5.74, 6) is 0.404. The van der Waals surface area contributed by atoms with Gasteiger partial charge in [0, 0.05) is 42.6 Å². The molecule has 2 aromatic carbocycles. The van der Waals surface area contributed by atoms with Crippen molar-refractivity contribution in [2.45, 2.75) is 0 Å². The molecule has 3 heterocycles.